The summed E-state index contributed by atoms with van der Waals surface area (Å²) in [5, 5.41) is 8.00. The lowest BCUT2D eigenvalue weighted by Gasteiger charge is -2.06. The van der Waals surface area contributed by atoms with Gasteiger partial charge < -0.3 is 4.52 Å². The van der Waals surface area contributed by atoms with E-state index in [1.165, 1.54) is 23.0 Å². The summed E-state index contributed by atoms with van der Waals surface area (Å²) in [6.45, 7) is 0. The summed E-state index contributed by atoms with van der Waals surface area (Å²) in [4.78, 5) is 16.4. The van der Waals surface area contributed by atoms with Crippen molar-refractivity contribution in [2.24, 2.45) is 0 Å². The van der Waals surface area contributed by atoms with Crippen LogP contribution in [0.2, 0.25) is 0 Å². The first kappa shape index (κ1) is 17.2. The number of nitrogens with zero attached hydrogens (tertiary/aromatic N) is 4. The molecule has 2 aromatic heterocycles. The van der Waals surface area contributed by atoms with Gasteiger partial charge in [-0.2, -0.15) is 10.1 Å². The van der Waals surface area contributed by atoms with Crippen LogP contribution in [0.3, 0.4) is 0 Å². The molecular weight excluding hydrogens is 422 g/mol. The number of halogens is 3. The first-order valence-electron chi connectivity index (χ1n) is 7.67. The number of aromatic nitrogens is 4. The summed E-state index contributed by atoms with van der Waals surface area (Å²) in [5.74, 6) is -1.80. The maximum absolute atomic E-state index is 13.5. The third-order valence-corrected chi connectivity index (χ3v) is 4.41. The fourth-order valence-electron chi connectivity index (χ4n) is 2.40. The summed E-state index contributed by atoms with van der Waals surface area (Å²) in [6, 6.07) is 11.8. The van der Waals surface area contributed by atoms with Crippen LogP contribution in [-0.2, 0) is 0 Å². The second-order valence-corrected chi connectivity index (χ2v) is 6.33. The van der Waals surface area contributed by atoms with Crippen LogP contribution in [0, 0.1) is 11.6 Å². The van der Waals surface area contributed by atoms with Crippen LogP contribution in [0.25, 0.3) is 28.7 Å². The molecule has 0 amide bonds. The van der Waals surface area contributed by atoms with Crippen molar-refractivity contribution in [3.8, 4) is 28.7 Å². The highest BCUT2D eigenvalue weighted by molar-refractivity contribution is 9.10. The molecule has 6 nitrogen and oxygen atoms in total. The Balaban J connectivity index is 1.78. The summed E-state index contributed by atoms with van der Waals surface area (Å²) in [6.07, 6.45) is 1.34. The average Bonchev–Trinajstić information content (AvgIpc) is 3.14. The summed E-state index contributed by atoms with van der Waals surface area (Å²) in [5.41, 5.74) is 0.370. The Bertz CT molecular complexity index is 1210. The molecule has 0 aliphatic rings. The summed E-state index contributed by atoms with van der Waals surface area (Å²) in [7, 11) is 0. The van der Waals surface area contributed by atoms with Crippen LogP contribution in [0.5, 0.6) is 0 Å². The van der Waals surface area contributed by atoms with Gasteiger partial charge in [0.05, 0.1) is 5.69 Å². The Morgan fingerprint density at radius 2 is 1.85 bits per heavy atom. The highest BCUT2D eigenvalue weighted by Crippen LogP contribution is 2.26. The van der Waals surface area contributed by atoms with Crippen molar-refractivity contribution < 1.29 is 13.3 Å². The van der Waals surface area contributed by atoms with Crippen LogP contribution >= 0.6 is 15.9 Å². The molecule has 0 unspecified atom stereocenters. The Kier molecular flexibility index (Phi) is 4.36. The standard InChI is InChI=1S/C18H9BrF2N4O2/c19-12-4-2-1-3-11(12)17-22-18(27-24-17)16-15(26)7-8-25(23-16)10-5-6-13(20)14(21)9-10/h1-9H. The maximum atomic E-state index is 13.5. The number of hydrogen-bond acceptors (Lipinski definition) is 5. The van der Waals surface area contributed by atoms with Crippen molar-refractivity contribution in [1.29, 1.82) is 0 Å². The number of benzene rings is 2. The molecule has 0 saturated carbocycles. The average molecular weight is 431 g/mol. The van der Waals surface area contributed by atoms with E-state index in [0.29, 0.717) is 5.56 Å². The van der Waals surface area contributed by atoms with E-state index in [0.717, 1.165) is 16.6 Å². The molecular formula is C18H9BrF2N4O2. The third-order valence-electron chi connectivity index (χ3n) is 3.72. The van der Waals surface area contributed by atoms with Gasteiger partial charge in [-0.05, 0) is 24.3 Å². The predicted molar refractivity (Wildman–Crippen MR) is 96.2 cm³/mol. The highest BCUT2D eigenvalue weighted by atomic mass is 79.9. The van der Waals surface area contributed by atoms with Gasteiger partial charge in [-0.1, -0.05) is 33.2 Å². The maximum Gasteiger partial charge on any atom is 0.282 e. The van der Waals surface area contributed by atoms with Crippen LogP contribution < -0.4 is 5.43 Å². The van der Waals surface area contributed by atoms with E-state index in [-0.39, 0.29) is 23.1 Å². The minimum Gasteiger partial charge on any atom is -0.332 e. The number of hydrogen-bond donors (Lipinski definition) is 0. The zero-order chi connectivity index (χ0) is 19.0. The van der Waals surface area contributed by atoms with E-state index in [4.69, 9.17) is 4.52 Å². The lowest BCUT2D eigenvalue weighted by Crippen LogP contribution is -2.13. The molecule has 0 aliphatic carbocycles. The third kappa shape index (κ3) is 3.28. The predicted octanol–water partition coefficient (Wildman–Crippen LogP) is 3.99. The van der Waals surface area contributed by atoms with E-state index in [9.17, 15) is 13.6 Å². The Labute approximate surface area is 159 Å². The molecule has 0 saturated heterocycles. The van der Waals surface area contributed by atoms with Crippen LogP contribution in [0.1, 0.15) is 0 Å². The van der Waals surface area contributed by atoms with Gasteiger partial charge in [0, 0.05) is 28.4 Å². The van der Waals surface area contributed by atoms with Gasteiger partial charge >= 0.3 is 0 Å². The normalized spacial score (nSPS) is 10.9. The van der Waals surface area contributed by atoms with Crippen molar-refractivity contribution in [2.45, 2.75) is 0 Å². The van der Waals surface area contributed by atoms with Gasteiger partial charge in [0.25, 0.3) is 5.89 Å². The summed E-state index contributed by atoms with van der Waals surface area (Å²) < 4.78 is 33.8. The monoisotopic (exact) mass is 430 g/mol. The molecule has 4 aromatic rings. The Hall–Kier alpha value is -3.20. The van der Waals surface area contributed by atoms with Gasteiger partial charge in [-0.3, -0.25) is 4.79 Å². The lowest BCUT2D eigenvalue weighted by molar-refractivity contribution is 0.429. The molecule has 27 heavy (non-hydrogen) atoms. The molecule has 0 radical (unpaired) electrons. The zero-order valence-corrected chi connectivity index (χ0v) is 15.0. The molecule has 4 rings (SSSR count). The largest absolute Gasteiger partial charge is 0.332 e. The van der Waals surface area contributed by atoms with Crippen LogP contribution in [0.4, 0.5) is 8.78 Å². The molecule has 2 aromatic carbocycles. The van der Waals surface area contributed by atoms with Crippen LogP contribution in [-0.4, -0.2) is 19.9 Å². The van der Waals surface area contributed by atoms with Gasteiger partial charge in [-0.25, -0.2) is 13.5 Å². The van der Waals surface area contributed by atoms with Crippen molar-refractivity contribution >= 4 is 15.9 Å². The van der Waals surface area contributed by atoms with Crippen molar-refractivity contribution in [3.63, 3.8) is 0 Å². The SMILES string of the molecule is O=c1ccn(-c2ccc(F)c(F)c2)nc1-c1nc(-c2ccccc2Br)no1. The molecule has 0 N–H and O–H groups in total. The molecule has 0 fully saturated rings. The lowest BCUT2D eigenvalue weighted by atomic mass is 10.2. The van der Waals surface area contributed by atoms with Crippen molar-refractivity contribution in [3.05, 3.63) is 81.1 Å². The minimum absolute atomic E-state index is 0.0808. The van der Waals surface area contributed by atoms with E-state index >= 15 is 0 Å². The highest BCUT2D eigenvalue weighted by Gasteiger charge is 2.17. The van der Waals surface area contributed by atoms with Crippen molar-refractivity contribution in [1.82, 2.24) is 19.9 Å². The smallest absolute Gasteiger partial charge is 0.282 e. The van der Waals surface area contributed by atoms with Gasteiger partial charge in [0.2, 0.25) is 11.3 Å². The van der Waals surface area contributed by atoms with Crippen LogP contribution in [0.15, 0.2) is 68.5 Å². The van der Waals surface area contributed by atoms with Gasteiger partial charge in [0.15, 0.2) is 17.3 Å². The zero-order valence-electron chi connectivity index (χ0n) is 13.4. The molecule has 9 heteroatoms. The second kappa shape index (κ2) is 6.84. The Morgan fingerprint density at radius 1 is 1.04 bits per heavy atom. The molecule has 0 atom stereocenters. The molecule has 2 heterocycles. The topological polar surface area (TPSA) is 73.8 Å². The molecule has 0 aliphatic heterocycles. The fraction of sp³-hybridized carbons (Fsp3) is 0. The van der Waals surface area contributed by atoms with E-state index in [1.807, 2.05) is 18.2 Å². The Morgan fingerprint density at radius 3 is 2.63 bits per heavy atom. The quantitative estimate of drug-likeness (QED) is 0.491. The fourth-order valence-corrected chi connectivity index (χ4v) is 2.86. The summed E-state index contributed by atoms with van der Waals surface area (Å²) >= 11 is 3.40. The second-order valence-electron chi connectivity index (χ2n) is 5.47. The molecule has 0 spiro atoms. The first-order chi connectivity index (χ1) is 13.0. The minimum atomic E-state index is -1.02. The van der Waals surface area contributed by atoms with Crippen molar-refractivity contribution in [2.75, 3.05) is 0 Å². The molecule has 134 valence electrons. The van der Waals surface area contributed by atoms with Gasteiger partial charge in [0.1, 0.15) is 0 Å². The molecule has 0 bridgehead atoms. The van der Waals surface area contributed by atoms with E-state index in [1.54, 1.807) is 6.07 Å². The van der Waals surface area contributed by atoms with E-state index < -0.39 is 17.1 Å². The first-order valence-corrected chi connectivity index (χ1v) is 8.46. The van der Waals surface area contributed by atoms with Gasteiger partial charge in [-0.15, -0.1) is 0 Å². The number of rotatable bonds is 3. The van der Waals surface area contributed by atoms with E-state index in [2.05, 4.69) is 31.2 Å².